The Morgan fingerprint density at radius 2 is 1.00 bits per heavy atom. The Morgan fingerprint density at radius 1 is 0.636 bits per heavy atom. The van der Waals surface area contributed by atoms with E-state index in [4.69, 9.17) is 5.48 Å². The predicted octanol–water partition coefficient (Wildman–Crippen LogP) is 5.79. The van der Waals surface area contributed by atoms with Crippen molar-refractivity contribution in [2.75, 3.05) is 10.6 Å². The summed E-state index contributed by atoms with van der Waals surface area (Å²) in [6.07, 6.45) is 0. The normalized spacial score (nSPS) is 12.8. The van der Waals surface area contributed by atoms with E-state index in [-0.39, 0.29) is 35.5 Å². The second kappa shape index (κ2) is 6.35. The molecule has 0 radical (unpaired) electrons. The molecule has 0 saturated carbocycles. The zero-order valence-electron chi connectivity index (χ0n) is 16.6. The van der Waals surface area contributed by atoms with E-state index >= 15 is 0 Å². The van der Waals surface area contributed by atoms with Crippen molar-refractivity contribution < 1.29 is 5.48 Å². The average molecular weight is 292 g/mol. The smallest absolute Gasteiger partial charge is 0.0645 e. The Bertz CT molecular complexity index is 863. The van der Waals surface area contributed by atoms with Crippen LogP contribution in [0.2, 0.25) is 0 Å². The maximum absolute atomic E-state index is 8.32. The molecule has 0 aliphatic carbocycles. The van der Waals surface area contributed by atoms with Gasteiger partial charge < -0.3 is 10.6 Å². The highest BCUT2D eigenvalue weighted by Crippen LogP contribution is 2.24. The number of anilines is 4. The van der Waals surface area contributed by atoms with Gasteiger partial charge in [-0.25, -0.2) is 0 Å². The van der Waals surface area contributed by atoms with Crippen LogP contribution in [0.1, 0.15) is 16.6 Å². The first-order chi connectivity index (χ1) is 12.4. The van der Waals surface area contributed by atoms with Gasteiger partial charge in [-0.15, -0.1) is 0 Å². The van der Waals surface area contributed by atoms with E-state index in [2.05, 4.69) is 10.6 Å². The van der Waals surface area contributed by atoms with Crippen LogP contribution in [0.15, 0.2) is 72.7 Å². The average Bonchev–Trinajstić information content (AvgIpc) is 2.63. The minimum atomic E-state index is -0.106. The minimum absolute atomic E-state index is 0.106. The summed E-state index contributed by atoms with van der Waals surface area (Å²) in [5, 5.41) is 6.10. The maximum Gasteiger partial charge on any atom is 0.0645 e. The van der Waals surface area contributed by atoms with Gasteiger partial charge in [-0.2, -0.15) is 0 Å². The highest BCUT2D eigenvalue weighted by atomic mass is 14.9. The predicted molar refractivity (Wildman–Crippen MR) is 95.4 cm³/mol. The van der Waals surface area contributed by atoms with Crippen LogP contribution in [0.5, 0.6) is 0 Å². The summed E-state index contributed by atoms with van der Waals surface area (Å²) in [6.45, 7) is 3.85. The van der Waals surface area contributed by atoms with Gasteiger partial charge in [-0.05, 0) is 61.3 Å². The first-order valence-electron chi connectivity index (χ1n) is 9.15. The number of hydrogen-bond acceptors (Lipinski definition) is 2. The van der Waals surface area contributed by atoms with E-state index in [0.29, 0.717) is 0 Å². The number of nitrogens with one attached hydrogen (secondary N) is 2. The molecule has 0 spiro atoms. The number of aryl methyl sites for hydroxylation is 2. The molecular weight excluding hydrogens is 268 g/mol. The third kappa shape index (κ3) is 3.29. The zero-order chi connectivity index (χ0) is 18.8. The van der Waals surface area contributed by atoms with Gasteiger partial charge in [0.2, 0.25) is 0 Å². The van der Waals surface area contributed by atoms with Crippen LogP contribution in [-0.2, 0) is 0 Å². The van der Waals surface area contributed by atoms with Gasteiger partial charge in [0, 0.05) is 22.7 Å². The Labute approximate surface area is 137 Å². The molecular formula is C20H20N2. The molecule has 0 atom stereocenters. The topological polar surface area (TPSA) is 24.1 Å². The third-order valence-electron chi connectivity index (χ3n) is 3.43. The van der Waals surface area contributed by atoms with Crippen molar-refractivity contribution in [3.63, 3.8) is 0 Å². The fraction of sp³-hybridized carbons (Fsp3) is 0.100. The van der Waals surface area contributed by atoms with Gasteiger partial charge in [0.15, 0.2) is 0 Å². The lowest BCUT2D eigenvalue weighted by molar-refractivity contribution is 1.42. The van der Waals surface area contributed by atoms with Crippen LogP contribution in [0.4, 0.5) is 22.7 Å². The van der Waals surface area contributed by atoms with Gasteiger partial charge in [0.1, 0.15) is 0 Å². The second-order valence-electron chi connectivity index (χ2n) is 5.13. The van der Waals surface area contributed by atoms with Crippen molar-refractivity contribution in [3.8, 4) is 0 Å². The lowest BCUT2D eigenvalue weighted by Gasteiger charge is -2.12. The van der Waals surface area contributed by atoms with Crippen molar-refractivity contribution in [2.45, 2.75) is 13.8 Å². The largest absolute Gasteiger partial charge is 0.355 e. The SMILES string of the molecule is [2H]c1c([2H])c(Nc2ccccc2C)c([2H])c([2H])c1Nc1ccccc1C. The molecule has 3 aromatic carbocycles. The molecule has 2 N–H and O–H groups in total. The standard InChI is InChI=1S/C20H20N2/c1-15-7-3-5-9-19(15)21-17-11-13-18(14-12-17)22-20-10-6-4-8-16(20)2/h3-14,21-22H,1-2H3/i11D,12D,13D,14D. The fourth-order valence-corrected chi connectivity index (χ4v) is 2.13. The molecule has 0 aliphatic heterocycles. The molecule has 0 amide bonds. The summed E-state index contributed by atoms with van der Waals surface area (Å²) >= 11 is 0. The van der Waals surface area contributed by atoms with Gasteiger partial charge in [0.25, 0.3) is 0 Å². The molecule has 3 rings (SSSR count). The number of rotatable bonds is 4. The number of para-hydroxylation sites is 2. The van der Waals surface area contributed by atoms with Crippen molar-refractivity contribution in [2.24, 2.45) is 0 Å². The van der Waals surface area contributed by atoms with Crippen LogP contribution in [0, 0.1) is 13.8 Å². The van der Waals surface area contributed by atoms with E-state index in [1.807, 2.05) is 62.4 Å². The van der Waals surface area contributed by atoms with Crippen LogP contribution in [-0.4, -0.2) is 0 Å². The Hall–Kier alpha value is -2.74. The summed E-state index contributed by atoms with van der Waals surface area (Å²) in [4.78, 5) is 0. The zero-order valence-corrected chi connectivity index (χ0v) is 12.6. The van der Waals surface area contributed by atoms with Crippen molar-refractivity contribution in [1.29, 1.82) is 0 Å². The molecule has 0 bridgehead atoms. The van der Waals surface area contributed by atoms with E-state index in [1.165, 1.54) is 0 Å². The van der Waals surface area contributed by atoms with Crippen molar-refractivity contribution >= 4 is 22.7 Å². The lowest BCUT2D eigenvalue weighted by atomic mass is 10.2. The molecule has 0 saturated heterocycles. The third-order valence-corrected chi connectivity index (χ3v) is 3.43. The quantitative estimate of drug-likeness (QED) is 0.636. The first-order valence-corrected chi connectivity index (χ1v) is 7.15. The highest BCUT2D eigenvalue weighted by molar-refractivity contribution is 5.68. The van der Waals surface area contributed by atoms with Gasteiger partial charge in [0.05, 0.1) is 5.48 Å². The Morgan fingerprint density at radius 3 is 1.36 bits per heavy atom. The van der Waals surface area contributed by atoms with Crippen LogP contribution in [0.3, 0.4) is 0 Å². The van der Waals surface area contributed by atoms with Crippen LogP contribution in [0.25, 0.3) is 0 Å². The van der Waals surface area contributed by atoms with E-state index in [9.17, 15) is 0 Å². The summed E-state index contributed by atoms with van der Waals surface area (Å²) < 4.78 is 33.3. The molecule has 0 fully saturated rings. The number of benzene rings is 3. The van der Waals surface area contributed by atoms with Gasteiger partial charge in [-0.3, -0.25) is 0 Å². The highest BCUT2D eigenvalue weighted by Gasteiger charge is 2.00. The Kier molecular flexibility index (Phi) is 2.91. The molecule has 22 heavy (non-hydrogen) atoms. The molecule has 0 heterocycles. The molecule has 0 aliphatic rings. The molecule has 0 unspecified atom stereocenters. The molecule has 2 heteroatoms. The first kappa shape index (κ1) is 10.1. The summed E-state index contributed by atoms with van der Waals surface area (Å²) in [5.74, 6) is 0. The van der Waals surface area contributed by atoms with Crippen molar-refractivity contribution in [3.05, 3.63) is 83.8 Å². The molecule has 2 nitrogen and oxygen atoms in total. The van der Waals surface area contributed by atoms with Gasteiger partial charge in [-0.1, -0.05) is 36.4 Å². The minimum Gasteiger partial charge on any atom is -0.355 e. The summed E-state index contributed by atoms with van der Waals surface area (Å²) in [7, 11) is 0. The van der Waals surface area contributed by atoms with E-state index < -0.39 is 0 Å². The monoisotopic (exact) mass is 292 g/mol. The van der Waals surface area contributed by atoms with E-state index in [0.717, 1.165) is 22.5 Å². The Balaban J connectivity index is 2.05. The molecule has 0 aromatic heterocycles. The molecule has 3 aromatic rings. The summed E-state index contributed by atoms with van der Waals surface area (Å²) in [5.41, 5.74) is 3.79. The van der Waals surface area contributed by atoms with Crippen LogP contribution < -0.4 is 10.6 Å². The summed E-state index contributed by atoms with van der Waals surface area (Å²) in [6, 6.07) is 14.7. The second-order valence-corrected chi connectivity index (χ2v) is 5.13. The molecule has 110 valence electrons. The number of hydrogen-bond donors (Lipinski definition) is 2. The fourth-order valence-electron chi connectivity index (χ4n) is 2.13. The van der Waals surface area contributed by atoms with E-state index in [1.54, 1.807) is 0 Å². The van der Waals surface area contributed by atoms with Crippen LogP contribution >= 0.6 is 0 Å². The van der Waals surface area contributed by atoms with Gasteiger partial charge >= 0.3 is 0 Å². The van der Waals surface area contributed by atoms with Crippen molar-refractivity contribution in [1.82, 2.24) is 0 Å². The lowest BCUT2D eigenvalue weighted by Crippen LogP contribution is -1.95. The maximum atomic E-state index is 8.32.